The lowest BCUT2D eigenvalue weighted by atomic mass is 9.83. The van der Waals surface area contributed by atoms with Gasteiger partial charge in [0.15, 0.2) is 0 Å². The quantitative estimate of drug-likeness (QED) is 0.813. The van der Waals surface area contributed by atoms with Crippen LogP contribution < -0.4 is 5.32 Å². The van der Waals surface area contributed by atoms with Crippen LogP contribution in [0.25, 0.3) is 0 Å². The van der Waals surface area contributed by atoms with E-state index in [0.29, 0.717) is 0 Å². The van der Waals surface area contributed by atoms with Crippen molar-refractivity contribution in [2.75, 3.05) is 20.1 Å². The van der Waals surface area contributed by atoms with E-state index in [1.807, 2.05) is 0 Å². The summed E-state index contributed by atoms with van der Waals surface area (Å²) >= 11 is 0. The summed E-state index contributed by atoms with van der Waals surface area (Å²) in [5, 5.41) is 3.95. The van der Waals surface area contributed by atoms with E-state index in [9.17, 15) is 0 Å². The molecule has 100 valence electrons. The maximum atomic E-state index is 3.95. The Morgan fingerprint density at radius 2 is 1.82 bits per heavy atom. The zero-order chi connectivity index (χ0) is 12.3. The summed E-state index contributed by atoms with van der Waals surface area (Å²) in [5.41, 5.74) is 0. The molecule has 2 fully saturated rings. The molecule has 0 aromatic rings. The molecule has 2 nitrogen and oxygen atoms in total. The third kappa shape index (κ3) is 3.69. The highest BCUT2D eigenvalue weighted by Crippen LogP contribution is 2.28. The molecule has 2 heteroatoms. The Morgan fingerprint density at radius 1 is 1.12 bits per heavy atom. The molecule has 0 aromatic carbocycles. The Bertz CT molecular complexity index is 221. The predicted octanol–water partition coefficient (Wildman–Crippen LogP) is 2.89. The van der Waals surface area contributed by atoms with Crippen LogP contribution in [-0.4, -0.2) is 37.1 Å². The predicted molar refractivity (Wildman–Crippen MR) is 74.2 cm³/mol. The highest BCUT2D eigenvalue weighted by atomic mass is 15.1. The molecule has 1 heterocycles. The van der Waals surface area contributed by atoms with Crippen LogP contribution in [0.3, 0.4) is 0 Å². The van der Waals surface area contributed by atoms with Gasteiger partial charge < -0.3 is 10.2 Å². The van der Waals surface area contributed by atoms with E-state index in [1.54, 1.807) is 0 Å². The number of nitrogens with zero attached hydrogens (tertiary/aromatic N) is 1. The Hall–Kier alpha value is -0.0800. The van der Waals surface area contributed by atoms with E-state index in [1.165, 1.54) is 51.6 Å². The summed E-state index contributed by atoms with van der Waals surface area (Å²) in [6, 6.07) is 1.59. The van der Waals surface area contributed by atoms with E-state index in [4.69, 9.17) is 0 Å². The topological polar surface area (TPSA) is 15.3 Å². The molecule has 0 bridgehead atoms. The van der Waals surface area contributed by atoms with Gasteiger partial charge in [0, 0.05) is 18.6 Å². The van der Waals surface area contributed by atoms with Gasteiger partial charge in [-0.3, -0.25) is 0 Å². The molecule has 0 aromatic heterocycles. The van der Waals surface area contributed by atoms with Crippen molar-refractivity contribution in [2.24, 2.45) is 11.8 Å². The Morgan fingerprint density at radius 3 is 2.41 bits per heavy atom. The minimum atomic E-state index is 0.773. The fraction of sp³-hybridized carbons (Fsp3) is 1.00. The summed E-state index contributed by atoms with van der Waals surface area (Å²) in [4.78, 5) is 2.47. The zero-order valence-corrected chi connectivity index (χ0v) is 11.9. The monoisotopic (exact) mass is 238 g/mol. The van der Waals surface area contributed by atoms with Crippen molar-refractivity contribution in [1.82, 2.24) is 10.2 Å². The van der Waals surface area contributed by atoms with Gasteiger partial charge in [-0.15, -0.1) is 0 Å². The smallest absolute Gasteiger partial charge is 0.0120 e. The van der Waals surface area contributed by atoms with E-state index < -0.39 is 0 Å². The van der Waals surface area contributed by atoms with E-state index in [2.05, 4.69) is 31.1 Å². The molecular weight excluding hydrogens is 208 g/mol. The molecule has 0 spiro atoms. The Balaban J connectivity index is 1.74. The molecule has 1 aliphatic heterocycles. The first-order chi connectivity index (χ1) is 8.19. The largest absolute Gasteiger partial charge is 0.311 e. The van der Waals surface area contributed by atoms with Gasteiger partial charge in [0.25, 0.3) is 0 Å². The van der Waals surface area contributed by atoms with Crippen molar-refractivity contribution < 1.29 is 0 Å². The highest BCUT2D eigenvalue weighted by Gasteiger charge is 2.27. The van der Waals surface area contributed by atoms with Crippen molar-refractivity contribution in [3.8, 4) is 0 Å². The number of hydrogen-bond donors (Lipinski definition) is 1. The lowest BCUT2D eigenvalue weighted by Gasteiger charge is -2.39. The molecule has 1 N–H and O–H groups in total. The molecule has 0 amide bonds. The zero-order valence-electron chi connectivity index (χ0n) is 11.9. The van der Waals surface area contributed by atoms with Crippen LogP contribution in [0.4, 0.5) is 0 Å². The van der Waals surface area contributed by atoms with E-state index in [-0.39, 0.29) is 0 Å². The second kappa shape index (κ2) is 6.19. The van der Waals surface area contributed by atoms with E-state index >= 15 is 0 Å². The SMILES string of the molecule is CCC1CCC(NC2CCN(C)CC2C)CC1. The fourth-order valence-electron chi connectivity index (χ4n) is 3.64. The number of hydrogen-bond acceptors (Lipinski definition) is 2. The molecule has 1 aliphatic carbocycles. The molecule has 0 radical (unpaired) electrons. The van der Waals surface area contributed by atoms with Crippen molar-refractivity contribution >= 4 is 0 Å². The van der Waals surface area contributed by atoms with Crippen molar-refractivity contribution in [3.63, 3.8) is 0 Å². The molecule has 1 saturated heterocycles. The summed E-state index contributed by atoms with van der Waals surface area (Å²) < 4.78 is 0. The van der Waals surface area contributed by atoms with Gasteiger partial charge >= 0.3 is 0 Å². The van der Waals surface area contributed by atoms with Crippen LogP contribution in [0.2, 0.25) is 0 Å². The standard InChI is InChI=1S/C15H30N2/c1-4-13-5-7-14(8-6-13)16-15-9-10-17(3)11-12(15)2/h12-16H,4-11H2,1-3H3. The van der Waals surface area contributed by atoms with Gasteiger partial charge in [0.1, 0.15) is 0 Å². The minimum absolute atomic E-state index is 0.773. The number of piperidine rings is 1. The maximum absolute atomic E-state index is 3.95. The van der Waals surface area contributed by atoms with Gasteiger partial charge in [0.2, 0.25) is 0 Å². The molecule has 2 unspecified atom stereocenters. The molecule has 17 heavy (non-hydrogen) atoms. The van der Waals surface area contributed by atoms with E-state index in [0.717, 1.165) is 23.9 Å². The van der Waals surface area contributed by atoms with Crippen LogP contribution in [0.1, 0.15) is 52.4 Å². The first-order valence-corrected chi connectivity index (χ1v) is 7.63. The molecule has 2 rings (SSSR count). The minimum Gasteiger partial charge on any atom is -0.311 e. The third-order valence-electron chi connectivity index (χ3n) is 4.98. The Labute approximate surface area is 107 Å². The van der Waals surface area contributed by atoms with Gasteiger partial charge in [-0.25, -0.2) is 0 Å². The van der Waals surface area contributed by atoms with Crippen LogP contribution >= 0.6 is 0 Å². The van der Waals surface area contributed by atoms with Gasteiger partial charge in [-0.05, 0) is 57.5 Å². The molecule has 1 saturated carbocycles. The van der Waals surface area contributed by atoms with Crippen LogP contribution in [0.5, 0.6) is 0 Å². The average Bonchev–Trinajstić information content (AvgIpc) is 2.34. The number of nitrogens with one attached hydrogen (secondary N) is 1. The average molecular weight is 238 g/mol. The Kier molecular flexibility index (Phi) is 4.87. The molecular formula is C15H30N2. The van der Waals surface area contributed by atoms with Crippen molar-refractivity contribution in [1.29, 1.82) is 0 Å². The summed E-state index contributed by atoms with van der Waals surface area (Å²) in [5.74, 6) is 1.83. The second-order valence-electron chi connectivity index (χ2n) is 6.43. The van der Waals surface area contributed by atoms with Crippen LogP contribution in [0, 0.1) is 11.8 Å². The third-order valence-corrected chi connectivity index (χ3v) is 4.98. The normalized spacial score (nSPS) is 40.4. The van der Waals surface area contributed by atoms with Gasteiger partial charge in [0.05, 0.1) is 0 Å². The van der Waals surface area contributed by atoms with Gasteiger partial charge in [-0.1, -0.05) is 20.3 Å². The fourth-order valence-corrected chi connectivity index (χ4v) is 3.64. The van der Waals surface area contributed by atoms with Crippen molar-refractivity contribution in [2.45, 2.75) is 64.5 Å². The number of rotatable bonds is 3. The lowest BCUT2D eigenvalue weighted by molar-refractivity contribution is 0.153. The highest BCUT2D eigenvalue weighted by molar-refractivity contribution is 4.86. The summed E-state index contributed by atoms with van der Waals surface area (Å²) in [7, 11) is 2.25. The second-order valence-corrected chi connectivity index (χ2v) is 6.43. The summed E-state index contributed by atoms with van der Waals surface area (Å²) in [6.07, 6.45) is 8.46. The number of likely N-dealkylation sites (tertiary alicyclic amines) is 1. The summed E-state index contributed by atoms with van der Waals surface area (Å²) in [6.45, 7) is 7.29. The molecule has 2 atom stereocenters. The maximum Gasteiger partial charge on any atom is 0.0120 e. The van der Waals surface area contributed by atoms with Gasteiger partial charge in [-0.2, -0.15) is 0 Å². The van der Waals surface area contributed by atoms with Crippen LogP contribution in [-0.2, 0) is 0 Å². The van der Waals surface area contributed by atoms with Crippen LogP contribution in [0.15, 0.2) is 0 Å². The first-order valence-electron chi connectivity index (χ1n) is 7.63. The molecule has 2 aliphatic rings. The van der Waals surface area contributed by atoms with Crippen molar-refractivity contribution in [3.05, 3.63) is 0 Å². The lowest BCUT2D eigenvalue weighted by Crippen LogP contribution is -2.50. The first kappa shape index (κ1) is 13.4.